The van der Waals surface area contributed by atoms with E-state index in [2.05, 4.69) is 41.5 Å². The van der Waals surface area contributed by atoms with E-state index >= 15 is 0 Å². The van der Waals surface area contributed by atoms with E-state index in [9.17, 15) is 138 Å². The molecule has 8 saturated carbocycles. The van der Waals surface area contributed by atoms with Crippen molar-refractivity contribution in [3.8, 4) is 0 Å². The van der Waals surface area contributed by atoms with Crippen molar-refractivity contribution in [2.45, 2.75) is 454 Å². The molecule has 43 heteroatoms. The first-order valence-corrected chi connectivity index (χ1v) is 53.2. The van der Waals surface area contributed by atoms with Crippen LogP contribution in [0.1, 0.15) is 203 Å². The second-order valence-electron chi connectivity index (χ2n) is 47.1. The molecule has 0 spiro atoms. The minimum Gasteiger partial charge on any atom is -0.394 e. The summed E-state index contributed by atoms with van der Waals surface area (Å²) in [6.45, 7) is 9.68. The molecule has 0 bridgehead atoms. The zero-order valence-electron chi connectivity index (χ0n) is 83.3. The second kappa shape index (κ2) is 47.1. The maximum absolute atomic E-state index is 12.3. The van der Waals surface area contributed by atoms with Crippen LogP contribution in [0.5, 0.6) is 0 Å². The number of ether oxygens (including phenoxy) is 16. The third-order valence-electron chi connectivity index (χ3n) is 39.4. The summed E-state index contributed by atoms with van der Waals surface area (Å²) in [6, 6.07) is 0. The van der Waals surface area contributed by atoms with Gasteiger partial charge in [0.15, 0.2) is 50.3 Å². The summed E-state index contributed by atoms with van der Waals surface area (Å²) in [6.07, 6.45) is -44.0. The average molecular weight is 2060 g/mol. The highest BCUT2D eigenvalue weighted by Crippen LogP contribution is 2.71. The first-order chi connectivity index (χ1) is 68.0. The van der Waals surface area contributed by atoms with Crippen LogP contribution in [0.2, 0.25) is 0 Å². The van der Waals surface area contributed by atoms with E-state index in [1.165, 1.54) is 0 Å². The third-order valence-corrected chi connectivity index (χ3v) is 39.4. The normalized spacial score (nSPS) is 53.2. The van der Waals surface area contributed by atoms with Crippen LogP contribution in [0.15, 0.2) is 0 Å². The molecule has 8 saturated heterocycles. The Bertz CT molecular complexity index is 3700. The van der Waals surface area contributed by atoms with E-state index in [1.807, 2.05) is 0 Å². The van der Waals surface area contributed by atoms with Crippen LogP contribution in [-0.4, -0.2) is 456 Å². The van der Waals surface area contributed by atoms with Gasteiger partial charge in [0, 0.05) is 11.3 Å². The minimum atomic E-state index is -1.94. The van der Waals surface area contributed by atoms with E-state index in [0.717, 1.165) is 116 Å². The molecule has 27 N–H and O–H groups in total. The summed E-state index contributed by atoms with van der Waals surface area (Å²) in [7, 11) is 0. The van der Waals surface area contributed by atoms with E-state index < -0.39 is 304 Å². The Morgan fingerprint density at radius 1 is 0.273 bits per heavy atom. The van der Waals surface area contributed by atoms with Crippen molar-refractivity contribution in [2.24, 2.45) is 104 Å². The molecular formula is C100H170O43. The van der Waals surface area contributed by atoms with E-state index in [-0.39, 0.29) is 64.8 Å². The molecule has 35 unspecified atom stereocenters. The SMILES string of the molecule is CC(CCCC(CCCC(C)C1CCC2C3CCC4CC(O[C@@H]5OC(CO)[C@@H](O[C@H]6OC(CO)[C@@H](O)C(O)[C@@H]6O)C(O)[C@@H]5C)CCC4(C)C3CCC12C)(CO[C@H]1OC(CO)[C@H](O[C@@H]2OC(CO)[C@H](O)C(O)[C@H]2O)C(O)[C@H]1O)CO[C@@H]1OC(CO)[C@@H](O[C@H]2OC(CO)[C@@H](O)C(O)[C@@H]2O)C(O)[C@@H]1O)C1CCC2C3CCC4CC(O[C@H]5OC(CO)[C@H](O[C@@H]6OC(CO)[C@H](O)C(O)[C@H]6O)C(O)[C@H]5O)CCC4(C)C3CCC12C. The van der Waals surface area contributed by atoms with Crippen LogP contribution in [0.4, 0.5) is 0 Å². The summed E-state index contributed by atoms with van der Waals surface area (Å²) < 4.78 is 98.3. The fourth-order valence-electron chi connectivity index (χ4n) is 30.9. The summed E-state index contributed by atoms with van der Waals surface area (Å²) in [5.74, 6) is 3.50. The summed E-state index contributed by atoms with van der Waals surface area (Å²) in [4.78, 5) is 0. The monoisotopic (exact) mass is 2060 g/mol. The molecule has 59 atom stereocenters. The van der Waals surface area contributed by atoms with Crippen LogP contribution in [0.25, 0.3) is 0 Å². The standard InChI is InChI=1S/C100H170O43/c1-42(51-16-18-53-49-14-12-45-30-47(20-26-96(45,4)55(49)22-28-98(51,53)6)130-88-44(3)65(109)84(61(36-105)136-88)140-92-77(121)70(114)66(110)57(32-101)132-92)10-8-24-100(40-128-89-81(125)74(118)85(62(37-106)137-89)141-93-78(122)71(115)67(111)58(33-102)133-93,41-129-90-82(126)75(119)86(63(38-107)138-90)142-94-79(123)72(116)68(112)59(34-103)134-94)25-9-11-43(2)52-17-19-54-50-15-13-46-31-48(21-27-97(46,5)56(50)23-29-99(52,54)7)131-91-83(127)76(120)87(64(39-108)139-91)143-95-80(124)73(117)69(113)60(35-104)135-95/h42-95,101-127H,8-41H2,1-7H3/t42?,43?,44-,45?,46?,47?,48?,49?,50?,51?,52?,53?,54?,55?,56?,57?,58?,59?,60?,61?,62?,63?,64?,65?,66+,67-,68+,69-,70?,71?,72?,73?,74?,75?,76?,77-,78+,79-,80+,81+,82-,83+,84+,85-,86+,87-,88+,89-,90+,91-,92+,93-,94+,95-,96?,97?,98?,99?,100?/m0/s1. The highest BCUT2D eigenvalue weighted by atomic mass is 16.8. The predicted molar refractivity (Wildman–Crippen MR) is 489 cm³/mol. The Labute approximate surface area is 834 Å². The molecule has 43 nitrogen and oxygen atoms in total. The van der Waals surface area contributed by atoms with E-state index in [4.69, 9.17) is 75.8 Å². The zero-order chi connectivity index (χ0) is 103. The lowest BCUT2D eigenvalue weighted by Crippen LogP contribution is -2.65. The van der Waals surface area contributed by atoms with Gasteiger partial charge in [-0.05, 0) is 221 Å². The van der Waals surface area contributed by atoms with Gasteiger partial charge in [0.05, 0.1) is 84.4 Å². The lowest BCUT2D eigenvalue weighted by molar-refractivity contribution is -0.365. The molecule has 0 aromatic rings. The van der Waals surface area contributed by atoms with Gasteiger partial charge < -0.3 is 214 Å². The predicted octanol–water partition coefficient (Wildman–Crippen LogP) is -4.52. The van der Waals surface area contributed by atoms with Crippen molar-refractivity contribution in [1.82, 2.24) is 0 Å². The first-order valence-electron chi connectivity index (χ1n) is 53.2. The number of hydrogen-bond acceptors (Lipinski definition) is 43. The largest absolute Gasteiger partial charge is 0.394 e. The van der Waals surface area contributed by atoms with Crippen molar-refractivity contribution in [1.29, 1.82) is 0 Å². The van der Waals surface area contributed by atoms with Crippen molar-refractivity contribution in [3.63, 3.8) is 0 Å². The Morgan fingerprint density at radius 3 is 0.867 bits per heavy atom. The molecule has 8 aliphatic carbocycles. The lowest BCUT2D eigenvalue weighted by Gasteiger charge is -2.61. The quantitative estimate of drug-likeness (QED) is 0.0263. The van der Waals surface area contributed by atoms with E-state index in [0.29, 0.717) is 91.8 Å². The van der Waals surface area contributed by atoms with Gasteiger partial charge in [-0.2, -0.15) is 0 Å². The van der Waals surface area contributed by atoms with Crippen LogP contribution >= 0.6 is 0 Å². The lowest BCUT2D eigenvalue weighted by atomic mass is 9.44. The molecule has 16 aliphatic rings. The topological polar surface area (TPSA) is 694 Å². The molecule has 8 heterocycles. The van der Waals surface area contributed by atoms with Gasteiger partial charge in [0.1, 0.15) is 183 Å². The fraction of sp³-hybridized carbons (Fsp3) is 1.00. The van der Waals surface area contributed by atoms with Gasteiger partial charge in [0.2, 0.25) is 0 Å². The van der Waals surface area contributed by atoms with Crippen LogP contribution in [-0.2, 0) is 75.8 Å². The van der Waals surface area contributed by atoms with Crippen LogP contribution in [0, 0.1) is 104 Å². The Morgan fingerprint density at radius 2 is 0.538 bits per heavy atom. The fourth-order valence-corrected chi connectivity index (χ4v) is 30.9. The number of aliphatic hydroxyl groups excluding tert-OH is 27. The summed E-state index contributed by atoms with van der Waals surface area (Å²) >= 11 is 0. The summed E-state index contributed by atoms with van der Waals surface area (Å²) in [5, 5.41) is 295. The molecule has 0 aromatic carbocycles. The Balaban J connectivity index is 0.611. The summed E-state index contributed by atoms with van der Waals surface area (Å²) in [5.41, 5.74) is -1.24. The third kappa shape index (κ3) is 22.1. The van der Waals surface area contributed by atoms with Crippen molar-refractivity contribution >= 4 is 0 Å². The van der Waals surface area contributed by atoms with E-state index in [1.54, 1.807) is 6.92 Å². The molecule has 16 rings (SSSR count). The number of rotatable bonds is 36. The van der Waals surface area contributed by atoms with Crippen LogP contribution < -0.4 is 0 Å². The molecule has 8 aliphatic heterocycles. The zero-order valence-corrected chi connectivity index (χ0v) is 83.3. The highest BCUT2D eigenvalue weighted by Gasteiger charge is 2.66. The van der Waals surface area contributed by atoms with Gasteiger partial charge in [0.25, 0.3) is 0 Å². The Kier molecular flexibility index (Phi) is 37.5. The molecule has 0 radical (unpaired) electrons. The van der Waals surface area contributed by atoms with Crippen molar-refractivity contribution in [3.05, 3.63) is 0 Å². The minimum absolute atomic E-state index is 0.00750. The van der Waals surface area contributed by atoms with Gasteiger partial charge >= 0.3 is 0 Å². The number of hydrogen-bond donors (Lipinski definition) is 27. The average Bonchev–Trinajstić information content (AvgIpc) is 1.45. The van der Waals surface area contributed by atoms with Crippen molar-refractivity contribution in [2.75, 3.05) is 66.1 Å². The van der Waals surface area contributed by atoms with Crippen molar-refractivity contribution < 1.29 is 214 Å². The molecule has 143 heavy (non-hydrogen) atoms. The highest BCUT2D eigenvalue weighted by molar-refractivity contribution is 5.14. The first kappa shape index (κ1) is 114. The molecule has 0 aromatic heterocycles. The number of fused-ring (bicyclic) bond motifs is 10. The maximum atomic E-state index is 12.3. The van der Waals surface area contributed by atoms with Gasteiger partial charge in [-0.3, -0.25) is 0 Å². The van der Waals surface area contributed by atoms with Gasteiger partial charge in [-0.1, -0.05) is 74.1 Å². The molecule has 16 fully saturated rings. The Hall–Kier alpha value is -1.72. The van der Waals surface area contributed by atoms with Gasteiger partial charge in [-0.15, -0.1) is 0 Å². The molecular weight excluding hydrogens is 1890 g/mol. The molecule has 0 amide bonds. The molecule has 828 valence electrons. The smallest absolute Gasteiger partial charge is 0.187 e. The second-order valence-corrected chi connectivity index (χ2v) is 47.1. The van der Waals surface area contributed by atoms with Crippen LogP contribution in [0.3, 0.4) is 0 Å². The van der Waals surface area contributed by atoms with Gasteiger partial charge in [-0.25, -0.2) is 0 Å². The maximum Gasteiger partial charge on any atom is 0.187 e. The number of aliphatic hydroxyl groups is 27.